The third-order valence-corrected chi connectivity index (χ3v) is 8.47. The van der Waals surface area contributed by atoms with Gasteiger partial charge in [0.05, 0.1) is 22.5 Å². The van der Waals surface area contributed by atoms with Crippen molar-refractivity contribution in [3.05, 3.63) is 101 Å². The number of carboxylic acid groups (broad SMARTS) is 2. The van der Waals surface area contributed by atoms with E-state index in [-0.39, 0.29) is 17.1 Å². The zero-order valence-corrected chi connectivity index (χ0v) is 27.0. The molecule has 6 rings (SSSR count). The van der Waals surface area contributed by atoms with Gasteiger partial charge < -0.3 is 31.5 Å². The van der Waals surface area contributed by atoms with E-state index in [1.807, 2.05) is 0 Å². The summed E-state index contributed by atoms with van der Waals surface area (Å²) < 4.78 is 0. The first-order valence-electron chi connectivity index (χ1n) is 15.9. The molecule has 2 aromatic carbocycles. The number of fused-ring (bicyclic) bond motifs is 4. The van der Waals surface area contributed by atoms with Gasteiger partial charge in [0.1, 0.15) is 0 Å². The average Bonchev–Trinajstić information content (AvgIpc) is 3.07. The fraction of sp³-hybridized carbons (Fsp3) is 0.457. The maximum absolute atomic E-state index is 10.2. The van der Waals surface area contributed by atoms with E-state index in [0.29, 0.717) is 35.3 Å². The Morgan fingerprint density at radius 2 is 0.889 bits per heavy atom. The molecule has 45 heavy (non-hydrogen) atoms. The maximum atomic E-state index is 10.2. The van der Waals surface area contributed by atoms with Crippen molar-refractivity contribution in [1.29, 1.82) is 0 Å². The predicted molar refractivity (Wildman–Crippen MR) is 173 cm³/mol. The van der Waals surface area contributed by atoms with E-state index in [1.54, 1.807) is 60.7 Å². The third kappa shape index (κ3) is 12.7. The van der Waals surface area contributed by atoms with Crippen LogP contribution in [-0.2, 0) is 30.2 Å². The second kappa shape index (κ2) is 20.1. The summed E-state index contributed by atoms with van der Waals surface area (Å²) in [5.74, 6) is -1.76. The fourth-order valence-electron chi connectivity index (χ4n) is 6.11. The molecule has 1 aliphatic heterocycles. The SMILES string of the molecule is O=C(O)c1ccccc1.O=C(O)c1ccccc1.[Mn].c1cc2nc(c1)CN[C@H]1CCCC[C@@H]1NCCN[C@H]1CCCC[C@@H]1NC2. The molecule has 0 unspecified atom stereocenters. The number of nitrogens with zero attached hydrogens (tertiary/aromatic N) is 1. The molecule has 1 radical (unpaired) electrons. The van der Waals surface area contributed by atoms with Gasteiger partial charge in [-0.3, -0.25) is 4.98 Å². The van der Waals surface area contributed by atoms with Crippen LogP contribution >= 0.6 is 0 Å². The first kappa shape index (κ1) is 36.4. The summed E-state index contributed by atoms with van der Waals surface area (Å²) in [6.45, 7) is 3.89. The van der Waals surface area contributed by atoms with Gasteiger partial charge in [0, 0.05) is 67.4 Å². The van der Waals surface area contributed by atoms with Crippen LogP contribution < -0.4 is 21.3 Å². The van der Waals surface area contributed by atoms with Crippen LogP contribution in [0.25, 0.3) is 0 Å². The number of hydrogen-bond acceptors (Lipinski definition) is 7. The number of carbonyl (C=O) groups is 2. The Hall–Kier alpha value is -3.11. The predicted octanol–water partition coefficient (Wildman–Crippen LogP) is 4.84. The van der Waals surface area contributed by atoms with Gasteiger partial charge in [0.2, 0.25) is 0 Å². The zero-order valence-electron chi connectivity index (χ0n) is 25.8. The Kier molecular flexibility index (Phi) is 16.2. The molecule has 0 spiro atoms. The van der Waals surface area contributed by atoms with Gasteiger partial charge in [-0.25, -0.2) is 9.59 Å². The Bertz CT molecular complexity index is 1190. The normalized spacial score (nSPS) is 23.2. The summed E-state index contributed by atoms with van der Waals surface area (Å²) in [5.41, 5.74) is 3.00. The van der Waals surface area contributed by atoms with Crippen LogP contribution in [0.2, 0.25) is 0 Å². The molecule has 2 fully saturated rings. The van der Waals surface area contributed by atoms with Gasteiger partial charge in [-0.15, -0.1) is 0 Å². The monoisotopic (exact) mass is 656 g/mol. The molecule has 3 aliphatic rings. The summed E-state index contributed by atoms with van der Waals surface area (Å²) in [6.07, 6.45) is 10.5. The molecule has 9 nitrogen and oxygen atoms in total. The van der Waals surface area contributed by atoms with Gasteiger partial charge in [-0.1, -0.05) is 68.1 Å². The van der Waals surface area contributed by atoms with Crippen LogP contribution in [0.4, 0.5) is 0 Å². The Morgan fingerprint density at radius 3 is 1.22 bits per heavy atom. The smallest absolute Gasteiger partial charge is 0.335 e. The van der Waals surface area contributed by atoms with Crippen molar-refractivity contribution >= 4 is 11.9 Å². The van der Waals surface area contributed by atoms with Crippen molar-refractivity contribution in [2.45, 2.75) is 88.6 Å². The number of hydrogen-bond donors (Lipinski definition) is 6. The van der Waals surface area contributed by atoms with Crippen LogP contribution in [0, 0.1) is 0 Å². The molecule has 1 aromatic heterocycles. The molecule has 2 aliphatic carbocycles. The van der Waals surface area contributed by atoms with Crippen molar-refractivity contribution in [3.8, 4) is 0 Å². The molecule has 6 N–H and O–H groups in total. The van der Waals surface area contributed by atoms with Gasteiger partial charge in [0.25, 0.3) is 0 Å². The molecule has 10 heteroatoms. The first-order chi connectivity index (χ1) is 21.5. The third-order valence-electron chi connectivity index (χ3n) is 8.47. The molecule has 3 aromatic rings. The second-order valence-corrected chi connectivity index (χ2v) is 11.6. The molecule has 0 amide bonds. The second-order valence-electron chi connectivity index (χ2n) is 11.6. The minimum absolute atomic E-state index is 0. The largest absolute Gasteiger partial charge is 0.478 e. The minimum atomic E-state index is -0.879. The Morgan fingerprint density at radius 1 is 0.533 bits per heavy atom. The first-order valence-corrected chi connectivity index (χ1v) is 15.9. The van der Waals surface area contributed by atoms with Crippen molar-refractivity contribution in [2.75, 3.05) is 13.1 Å². The molecule has 4 atom stereocenters. The minimum Gasteiger partial charge on any atom is -0.478 e. The van der Waals surface area contributed by atoms with Crippen LogP contribution in [0.15, 0.2) is 78.9 Å². The Balaban J connectivity index is 0.000000238. The fourth-order valence-corrected chi connectivity index (χ4v) is 6.11. The summed E-state index contributed by atoms with van der Waals surface area (Å²) >= 11 is 0. The van der Waals surface area contributed by atoms with E-state index in [0.717, 1.165) is 26.2 Å². The Labute approximate surface area is 277 Å². The van der Waals surface area contributed by atoms with E-state index < -0.39 is 11.9 Å². The van der Waals surface area contributed by atoms with E-state index in [9.17, 15) is 9.59 Å². The molecule has 243 valence electrons. The average molecular weight is 657 g/mol. The van der Waals surface area contributed by atoms with Gasteiger partial charge in [-0.2, -0.15) is 0 Å². The standard InChI is InChI=1S/C21H35N5.2C7H6O2.Mn/c1-3-10-20-18(8-1)22-12-13-23-19-9-2-4-11-21(19)25-15-17-7-5-6-16(26-17)14-24-20;2*8-7(9)6-4-2-1-3-5-6;/h5-7,18-25H,1-4,8-15H2;2*1-5H,(H,8,9);/t18-,19-,20-,21-;;;/m0.../s1. The number of pyridine rings is 1. The summed E-state index contributed by atoms with van der Waals surface area (Å²) in [7, 11) is 0. The summed E-state index contributed by atoms with van der Waals surface area (Å²) in [5, 5.41) is 32.0. The maximum Gasteiger partial charge on any atom is 0.335 e. The van der Waals surface area contributed by atoms with Crippen molar-refractivity contribution in [2.24, 2.45) is 0 Å². The van der Waals surface area contributed by atoms with Crippen molar-refractivity contribution < 1.29 is 36.9 Å². The van der Waals surface area contributed by atoms with Gasteiger partial charge >= 0.3 is 11.9 Å². The zero-order chi connectivity index (χ0) is 31.0. The number of nitrogens with one attached hydrogen (secondary N) is 4. The van der Waals surface area contributed by atoms with Crippen molar-refractivity contribution in [1.82, 2.24) is 26.3 Å². The summed E-state index contributed by atoms with van der Waals surface area (Å²) in [4.78, 5) is 25.3. The van der Waals surface area contributed by atoms with Crippen LogP contribution in [0.5, 0.6) is 0 Å². The number of carboxylic acids is 2. The van der Waals surface area contributed by atoms with Crippen LogP contribution in [-0.4, -0.2) is 64.4 Å². The quantitative estimate of drug-likeness (QED) is 0.214. The summed E-state index contributed by atoms with van der Waals surface area (Å²) in [6, 6.07) is 25.4. The van der Waals surface area contributed by atoms with Gasteiger partial charge in [-0.05, 0) is 62.1 Å². The molecular formula is C35H47MnN5O4. The number of aromatic carboxylic acids is 2. The van der Waals surface area contributed by atoms with Crippen LogP contribution in [0.3, 0.4) is 0 Å². The molecular weight excluding hydrogens is 609 g/mol. The van der Waals surface area contributed by atoms with Crippen molar-refractivity contribution in [3.63, 3.8) is 0 Å². The number of aromatic nitrogens is 1. The topological polar surface area (TPSA) is 136 Å². The molecule has 0 saturated heterocycles. The van der Waals surface area contributed by atoms with E-state index in [1.165, 1.54) is 62.8 Å². The van der Waals surface area contributed by atoms with E-state index >= 15 is 0 Å². The molecule has 2 heterocycles. The number of benzene rings is 2. The molecule has 2 saturated carbocycles. The number of rotatable bonds is 2. The van der Waals surface area contributed by atoms with E-state index in [4.69, 9.17) is 15.2 Å². The van der Waals surface area contributed by atoms with Crippen LogP contribution in [0.1, 0.15) is 83.5 Å². The van der Waals surface area contributed by atoms with E-state index in [2.05, 4.69) is 39.5 Å². The molecule has 2 bridgehead atoms. The van der Waals surface area contributed by atoms with Gasteiger partial charge in [0.15, 0.2) is 0 Å².